The van der Waals surface area contributed by atoms with Gasteiger partial charge < -0.3 is 9.15 Å². The maximum absolute atomic E-state index is 11.8. The number of Topliss-reactive ketones (excluding diaryl/α,β-unsaturated/α-hetero) is 1. The monoisotopic (exact) mass is 258 g/mol. The van der Waals surface area contributed by atoms with Crippen LogP contribution in [0.25, 0.3) is 0 Å². The van der Waals surface area contributed by atoms with Crippen molar-refractivity contribution < 1.29 is 13.9 Å². The second kappa shape index (κ2) is 3.87. The Morgan fingerprint density at radius 1 is 1.57 bits per heavy atom. The maximum atomic E-state index is 11.8. The minimum absolute atomic E-state index is 0.0637. The average molecular weight is 259 g/mol. The van der Waals surface area contributed by atoms with E-state index in [0.717, 1.165) is 12.8 Å². The Morgan fingerprint density at radius 2 is 2.36 bits per heavy atom. The first kappa shape index (κ1) is 9.93. The van der Waals surface area contributed by atoms with Crippen LogP contribution in [0.3, 0.4) is 0 Å². The Morgan fingerprint density at radius 3 is 2.86 bits per heavy atom. The second-order valence-electron chi connectivity index (χ2n) is 3.47. The van der Waals surface area contributed by atoms with Crippen molar-refractivity contribution in [3.05, 3.63) is 22.6 Å². The number of rotatable bonds is 2. The van der Waals surface area contributed by atoms with E-state index in [1.54, 1.807) is 6.07 Å². The topological polar surface area (TPSA) is 39.4 Å². The molecule has 14 heavy (non-hydrogen) atoms. The van der Waals surface area contributed by atoms with Gasteiger partial charge in [-0.3, -0.25) is 4.79 Å². The van der Waals surface area contributed by atoms with Crippen molar-refractivity contribution in [2.24, 2.45) is 0 Å². The third-order valence-corrected chi connectivity index (χ3v) is 2.99. The number of halogens is 1. The molecule has 0 saturated carbocycles. The Bertz CT molecular complexity index is 345. The van der Waals surface area contributed by atoms with Gasteiger partial charge in [-0.05, 0) is 41.8 Å². The number of ether oxygens (including phenoxy) is 1. The lowest BCUT2D eigenvalue weighted by Crippen LogP contribution is -2.20. The second-order valence-corrected chi connectivity index (χ2v) is 4.33. The summed E-state index contributed by atoms with van der Waals surface area (Å²) in [6.45, 7) is 1.98. The Kier molecular flexibility index (Phi) is 2.74. The van der Waals surface area contributed by atoms with E-state index in [1.165, 1.54) is 6.26 Å². The summed E-state index contributed by atoms with van der Waals surface area (Å²) in [5, 5.41) is 0. The van der Waals surface area contributed by atoms with Crippen LogP contribution in [0.1, 0.15) is 30.3 Å². The van der Waals surface area contributed by atoms with E-state index in [0.29, 0.717) is 10.2 Å². The van der Waals surface area contributed by atoms with Gasteiger partial charge in [0.25, 0.3) is 0 Å². The number of furan rings is 1. The smallest absolute Gasteiger partial charge is 0.227 e. The molecular formula is C10H11BrO3. The summed E-state index contributed by atoms with van der Waals surface area (Å²) in [5.41, 5.74) is 0. The quantitative estimate of drug-likeness (QED) is 0.766. The van der Waals surface area contributed by atoms with Crippen LogP contribution in [0, 0.1) is 0 Å². The lowest BCUT2D eigenvalue weighted by molar-refractivity contribution is 0.0410. The van der Waals surface area contributed by atoms with Gasteiger partial charge in [0.1, 0.15) is 6.10 Å². The molecule has 2 heterocycles. The van der Waals surface area contributed by atoms with E-state index in [2.05, 4.69) is 15.9 Å². The van der Waals surface area contributed by atoms with Crippen LogP contribution in [-0.4, -0.2) is 18.0 Å². The SMILES string of the molecule is CC1CCC(C(=O)c2occc2Br)O1. The van der Waals surface area contributed by atoms with Gasteiger partial charge in [0.05, 0.1) is 16.8 Å². The third kappa shape index (κ3) is 1.77. The van der Waals surface area contributed by atoms with Gasteiger partial charge in [0.2, 0.25) is 5.78 Å². The zero-order chi connectivity index (χ0) is 10.1. The molecule has 1 saturated heterocycles. The molecule has 0 radical (unpaired) electrons. The molecule has 0 amide bonds. The molecule has 76 valence electrons. The summed E-state index contributed by atoms with van der Waals surface area (Å²) in [5.74, 6) is 0.301. The van der Waals surface area contributed by atoms with Gasteiger partial charge in [0.15, 0.2) is 5.76 Å². The van der Waals surface area contributed by atoms with Crippen molar-refractivity contribution in [1.82, 2.24) is 0 Å². The van der Waals surface area contributed by atoms with Crippen LogP contribution in [0.15, 0.2) is 21.2 Å². The van der Waals surface area contributed by atoms with Crippen LogP contribution in [0.4, 0.5) is 0 Å². The first-order chi connectivity index (χ1) is 6.68. The van der Waals surface area contributed by atoms with Gasteiger partial charge in [-0.1, -0.05) is 0 Å². The fourth-order valence-electron chi connectivity index (χ4n) is 1.61. The molecule has 3 nitrogen and oxygen atoms in total. The molecular weight excluding hydrogens is 248 g/mol. The molecule has 1 aliphatic heterocycles. The van der Waals surface area contributed by atoms with E-state index in [9.17, 15) is 4.79 Å². The number of hydrogen-bond donors (Lipinski definition) is 0. The summed E-state index contributed by atoms with van der Waals surface area (Å²) in [6.07, 6.45) is 3.07. The molecule has 0 aromatic carbocycles. The predicted octanol–water partition coefficient (Wildman–Crippen LogP) is 2.79. The fourth-order valence-corrected chi connectivity index (χ4v) is 2.01. The highest BCUT2D eigenvalue weighted by atomic mass is 79.9. The lowest BCUT2D eigenvalue weighted by atomic mass is 10.1. The fraction of sp³-hybridized carbons (Fsp3) is 0.500. The highest BCUT2D eigenvalue weighted by Gasteiger charge is 2.31. The van der Waals surface area contributed by atoms with Crippen LogP contribution >= 0.6 is 15.9 Å². The molecule has 0 bridgehead atoms. The van der Waals surface area contributed by atoms with E-state index < -0.39 is 0 Å². The van der Waals surface area contributed by atoms with Gasteiger partial charge in [-0.25, -0.2) is 0 Å². The molecule has 4 heteroatoms. The molecule has 1 aromatic rings. The first-order valence-corrected chi connectivity index (χ1v) is 5.40. The summed E-state index contributed by atoms with van der Waals surface area (Å²) in [6, 6.07) is 1.71. The van der Waals surface area contributed by atoms with Crippen LogP contribution in [0.5, 0.6) is 0 Å². The molecule has 2 rings (SSSR count). The normalized spacial score (nSPS) is 26.7. The van der Waals surface area contributed by atoms with Crippen LogP contribution in [-0.2, 0) is 4.74 Å². The Balaban J connectivity index is 2.13. The molecule has 0 N–H and O–H groups in total. The molecule has 2 atom stereocenters. The molecule has 1 fully saturated rings. The van der Waals surface area contributed by atoms with E-state index in [1.807, 2.05) is 6.92 Å². The van der Waals surface area contributed by atoms with Gasteiger partial charge in [-0.15, -0.1) is 0 Å². The zero-order valence-electron chi connectivity index (χ0n) is 7.83. The lowest BCUT2D eigenvalue weighted by Gasteiger charge is -2.07. The molecule has 1 aliphatic rings. The predicted molar refractivity (Wildman–Crippen MR) is 54.3 cm³/mol. The zero-order valence-corrected chi connectivity index (χ0v) is 9.41. The molecule has 0 aliphatic carbocycles. The number of ketones is 1. The standard InChI is InChI=1S/C10H11BrO3/c1-6-2-3-8(14-6)9(12)10-7(11)4-5-13-10/h4-6,8H,2-3H2,1H3. The largest absolute Gasteiger partial charge is 0.460 e. The van der Waals surface area contributed by atoms with E-state index in [-0.39, 0.29) is 18.0 Å². The summed E-state index contributed by atoms with van der Waals surface area (Å²) in [7, 11) is 0. The number of carbonyl (C=O) groups is 1. The number of carbonyl (C=O) groups excluding carboxylic acids is 1. The van der Waals surface area contributed by atoms with Crippen molar-refractivity contribution in [3.8, 4) is 0 Å². The summed E-state index contributed by atoms with van der Waals surface area (Å²) < 4.78 is 11.3. The van der Waals surface area contributed by atoms with Crippen molar-refractivity contribution in [3.63, 3.8) is 0 Å². The van der Waals surface area contributed by atoms with Gasteiger partial charge in [0, 0.05) is 0 Å². The maximum Gasteiger partial charge on any atom is 0.227 e. The first-order valence-electron chi connectivity index (χ1n) is 4.61. The van der Waals surface area contributed by atoms with Gasteiger partial charge in [-0.2, -0.15) is 0 Å². The van der Waals surface area contributed by atoms with Crippen molar-refractivity contribution in [2.75, 3.05) is 0 Å². The van der Waals surface area contributed by atoms with Crippen LogP contribution in [0.2, 0.25) is 0 Å². The minimum atomic E-state index is -0.326. The minimum Gasteiger partial charge on any atom is -0.460 e. The molecule has 1 aromatic heterocycles. The summed E-state index contributed by atoms with van der Waals surface area (Å²) >= 11 is 3.26. The van der Waals surface area contributed by atoms with Crippen molar-refractivity contribution in [1.29, 1.82) is 0 Å². The van der Waals surface area contributed by atoms with E-state index in [4.69, 9.17) is 9.15 Å². The molecule has 0 spiro atoms. The highest BCUT2D eigenvalue weighted by Crippen LogP contribution is 2.26. The summed E-state index contributed by atoms with van der Waals surface area (Å²) in [4.78, 5) is 11.8. The van der Waals surface area contributed by atoms with Crippen molar-refractivity contribution >= 4 is 21.7 Å². The Hall–Kier alpha value is -0.610. The van der Waals surface area contributed by atoms with Crippen molar-refractivity contribution in [2.45, 2.75) is 32.0 Å². The average Bonchev–Trinajstić information content (AvgIpc) is 2.73. The highest BCUT2D eigenvalue weighted by molar-refractivity contribution is 9.10. The van der Waals surface area contributed by atoms with E-state index >= 15 is 0 Å². The number of hydrogen-bond acceptors (Lipinski definition) is 3. The third-order valence-electron chi connectivity index (χ3n) is 2.37. The van der Waals surface area contributed by atoms with Gasteiger partial charge >= 0.3 is 0 Å². The Labute approximate surface area is 90.6 Å². The van der Waals surface area contributed by atoms with Crippen LogP contribution < -0.4 is 0 Å². The molecule has 2 unspecified atom stereocenters.